The van der Waals surface area contributed by atoms with Gasteiger partial charge in [-0.3, -0.25) is 4.79 Å². The summed E-state index contributed by atoms with van der Waals surface area (Å²) >= 11 is 2.14. The van der Waals surface area contributed by atoms with Crippen LogP contribution >= 0.6 is 22.6 Å². The topological polar surface area (TPSA) is 86.2 Å². The third-order valence-electron chi connectivity index (χ3n) is 2.60. The van der Waals surface area contributed by atoms with Crippen LogP contribution in [0.5, 0.6) is 0 Å². The molecule has 0 spiro atoms. The van der Waals surface area contributed by atoms with Gasteiger partial charge in [-0.1, -0.05) is 36.4 Å². The Bertz CT molecular complexity index is 351. The zero-order chi connectivity index (χ0) is 12.3. The first-order chi connectivity index (χ1) is 7.41. The number of carbonyl (C=O) groups is 1. The fourth-order valence-electron chi connectivity index (χ4n) is 1.43. The number of alkyl halides is 1. The zero-order valence-electron chi connectivity index (χ0n) is 9.14. The van der Waals surface area contributed by atoms with Crippen LogP contribution in [0.4, 0.5) is 0 Å². The number of H-pyrrole nitrogens is 1. The van der Waals surface area contributed by atoms with Gasteiger partial charge in [-0.2, -0.15) is 0 Å². The molecule has 1 rings (SSSR count). The van der Waals surface area contributed by atoms with Crippen LogP contribution in [-0.2, 0) is 4.79 Å². The monoisotopic (exact) mass is 338 g/mol. The van der Waals surface area contributed by atoms with Crippen molar-refractivity contribution in [2.24, 2.45) is 5.41 Å². The molecule has 2 atom stereocenters. The van der Waals surface area contributed by atoms with Crippen molar-refractivity contribution >= 4 is 28.4 Å². The van der Waals surface area contributed by atoms with Crippen molar-refractivity contribution in [3.05, 3.63) is 18.2 Å². The number of ketones is 1. The fourth-order valence-corrected chi connectivity index (χ4v) is 2.11. The van der Waals surface area contributed by atoms with E-state index in [0.717, 1.165) is 5.69 Å². The van der Waals surface area contributed by atoms with Gasteiger partial charge >= 0.3 is 0 Å². The summed E-state index contributed by atoms with van der Waals surface area (Å²) in [4.78, 5) is 18.2. The molecule has 3 N–H and O–H groups in total. The van der Waals surface area contributed by atoms with Crippen LogP contribution in [0.25, 0.3) is 0 Å². The summed E-state index contributed by atoms with van der Waals surface area (Å²) in [5, 5.41) is 18.6. The van der Waals surface area contributed by atoms with Crippen molar-refractivity contribution < 1.29 is 15.0 Å². The predicted molar refractivity (Wildman–Crippen MR) is 67.2 cm³/mol. The number of aromatic nitrogens is 2. The molecule has 5 nitrogen and oxygen atoms in total. The number of nitrogens with one attached hydrogen (secondary N) is 1. The van der Waals surface area contributed by atoms with E-state index in [9.17, 15) is 9.90 Å². The summed E-state index contributed by atoms with van der Waals surface area (Å²) < 4.78 is -0.123. The number of hydrogen-bond acceptors (Lipinski definition) is 4. The molecule has 0 fully saturated rings. The summed E-state index contributed by atoms with van der Waals surface area (Å²) in [5.41, 5.74) is 0.0886. The number of carbonyl (C=O) groups excluding carboxylic acids is 1. The zero-order valence-corrected chi connectivity index (χ0v) is 11.3. The lowest BCUT2D eigenvalue weighted by atomic mass is 9.80. The molecule has 0 aromatic carbocycles. The number of aromatic amines is 1. The maximum atomic E-state index is 11.3. The van der Waals surface area contributed by atoms with Gasteiger partial charge in [-0.15, -0.1) is 0 Å². The van der Waals surface area contributed by atoms with Gasteiger partial charge in [0.15, 0.2) is 5.78 Å². The highest BCUT2D eigenvalue weighted by Crippen LogP contribution is 2.42. The van der Waals surface area contributed by atoms with Crippen LogP contribution in [0.2, 0.25) is 0 Å². The van der Waals surface area contributed by atoms with Crippen LogP contribution in [0.3, 0.4) is 0 Å². The minimum Gasteiger partial charge on any atom is -0.388 e. The van der Waals surface area contributed by atoms with E-state index in [0.29, 0.717) is 0 Å². The maximum absolute atomic E-state index is 11.3. The van der Waals surface area contributed by atoms with Gasteiger partial charge in [0.05, 0.1) is 15.9 Å². The third-order valence-corrected chi connectivity index (χ3v) is 4.84. The van der Waals surface area contributed by atoms with E-state index < -0.39 is 23.9 Å². The smallest absolute Gasteiger partial charge is 0.187 e. The van der Waals surface area contributed by atoms with E-state index in [4.69, 9.17) is 5.11 Å². The molecule has 6 heteroatoms. The quantitative estimate of drug-likeness (QED) is 0.548. The molecule has 0 aliphatic heterocycles. The van der Waals surface area contributed by atoms with Crippen molar-refractivity contribution in [1.29, 1.82) is 0 Å². The van der Waals surface area contributed by atoms with E-state index in [1.807, 2.05) is 0 Å². The number of Topliss-reactive ketones (excluding diaryl/α,β-unsaturated/α-hetero) is 1. The Labute approximate surface area is 107 Å². The third kappa shape index (κ3) is 2.61. The standard InChI is InChI=1S/C10H15IN2O3/c1-10(2,9(16)7(15)4-14)8(11)6-3-12-5-13-6/h3,5,8-9,14,16H,4H2,1-2H3,(H,12,13). The molecule has 1 aromatic heterocycles. The van der Waals surface area contributed by atoms with Crippen LogP contribution in [0, 0.1) is 5.41 Å². The molecule has 1 heterocycles. The minimum absolute atomic E-state index is 0.123. The summed E-state index contributed by atoms with van der Waals surface area (Å²) in [6.45, 7) is 2.91. The average molecular weight is 338 g/mol. The van der Waals surface area contributed by atoms with Gasteiger partial charge in [0.25, 0.3) is 0 Å². The Kier molecular flexibility index (Phi) is 4.45. The van der Waals surface area contributed by atoms with Crippen LogP contribution in [0.1, 0.15) is 23.5 Å². The Morgan fingerprint density at radius 2 is 2.31 bits per heavy atom. The number of halogens is 1. The van der Waals surface area contributed by atoms with Gasteiger partial charge in [-0.05, 0) is 0 Å². The second-order valence-electron chi connectivity index (χ2n) is 4.20. The van der Waals surface area contributed by atoms with Gasteiger partial charge in [0.1, 0.15) is 12.7 Å². The van der Waals surface area contributed by atoms with Crippen molar-refractivity contribution in [3.63, 3.8) is 0 Å². The van der Waals surface area contributed by atoms with Crippen molar-refractivity contribution in [2.45, 2.75) is 23.9 Å². The number of imidazole rings is 1. The number of rotatable bonds is 5. The summed E-state index contributed by atoms with van der Waals surface area (Å²) in [6, 6.07) is 0. The maximum Gasteiger partial charge on any atom is 0.187 e. The first-order valence-electron chi connectivity index (χ1n) is 4.85. The van der Waals surface area contributed by atoms with Crippen LogP contribution in [-0.4, -0.2) is 38.7 Å². The molecule has 0 saturated carbocycles. The first kappa shape index (κ1) is 13.6. The molecular formula is C10H15IN2O3. The fraction of sp³-hybridized carbons (Fsp3) is 0.600. The molecule has 2 unspecified atom stereocenters. The number of hydrogen-bond donors (Lipinski definition) is 3. The van der Waals surface area contributed by atoms with Crippen molar-refractivity contribution in [2.75, 3.05) is 6.61 Å². The van der Waals surface area contributed by atoms with Gasteiger partial charge in [0.2, 0.25) is 0 Å². The number of aliphatic hydroxyl groups is 2. The first-order valence-corrected chi connectivity index (χ1v) is 6.10. The van der Waals surface area contributed by atoms with Crippen molar-refractivity contribution in [1.82, 2.24) is 9.97 Å². The average Bonchev–Trinajstić information content (AvgIpc) is 2.79. The molecule has 0 saturated heterocycles. The lowest BCUT2D eigenvalue weighted by molar-refractivity contribution is -0.135. The minimum atomic E-state index is -1.20. The van der Waals surface area contributed by atoms with E-state index in [2.05, 4.69) is 32.6 Å². The molecule has 0 bridgehead atoms. The van der Waals surface area contributed by atoms with E-state index >= 15 is 0 Å². The van der Waals surface area contributed by atoms with Crippen LogP contribution < -0.4 is 0 Å². The normalized spacial score (nSPS) is 15.8. The Morgan fingerprint density at radius 1 is 1.69 bits per heavy atom. The van der Waals surface area contributed by atoms with Gasteiger partial charge in [-0.25, -0.2) is 4.98 Å². The number of aliphatic hydroxyl groups excluding tert-OH is 2. The highest BCUT2D eigenvalue weighted by atomic mass is 127. The Balaban J connectivity index is 2.88. The second-order valence-corrected chi connectivity index (χ2v) is 5.45. The summed E-state index contributed by atoms with van der Waals surface area (Å²) in [7, 11) is 0. The molecule has 0 amide bonds. The summed E-state index contributed by atoms with van der Waals surface area (Å²) in [6.07, 6.45) is 2.09. The molecule has 90 valence electrons. The van der Waals surface area contributed by atoms with E-state index in [1.54, 1.807) is 26.4 Å². The van der Waals surface area contributed by atoms with Crippen LogP contribution in [0.15, 0.2) is 12.5 Å². The highest BCUT2D eigenvalue weighted by Gasteiger charge is 2.40. The lowest BCUT2D eigenvalue weighted by Crippen LogP contribution is -2.40. The molecular weight excluding hydrogens is 323 g/mol. The van der Waals surface area contributed by atoms with E-state index in [-0.39, 0.29) is 3.92 Å². The molecule has 16 heavy (non-hydrogen) atoms. The Morgan fingerprint density at radius 3 is 2.75 bits per heavy atom. The summed E-state index contributed by atoms with van der Waals surface area (Å²) in [5.74, 6) is -0.567. The second kappa shape index (κ2) is 5.24. The molecule has 0 radical (unpaired) electrons. The SMILES string of the molecule is CC(C)(C(O)C(=O)CO)C(I)c1c[nH]cn1. The lowest BCUT2D eigenvalue weighted by Gasteiger charge is -2.33. The molecule has 0 aliphatic carbocycles. The van der Waals surface area contributed by atoms with Gasteiger partial charge < -0.3 is 15.2 Å². The number of nitrogens with zero attached hydrogens (tertiary/aromatic N) is 1. The predicted octanol–water partition coefficient (Wildman–Crippen LogP) is 0.834. The van der Waals surface area contributed by atoms with E-state index in [1.165, 1.54) is 0 Å². The molecule has 0 aliphatic rings. The largest absolute Gasteiger partial charge is 0.388 e. The Hall–Kier alpha value is -0.470. The van der Waals surface area contributed by atoms with Gasteiger partial charge in [0, 0.05) is 11.6 Å². The molecule has 1 aromatic rings. The highest BCUT2D eigenvalue weighted by molar-refractivity contribution is 14.1. The van der Waals surface area contributed by atoms with Crippen molar-refractivity contribution in [3.8, 4) is 0 Å².